The van der Waals surface area contributed by atoms with Gasteiger partial charge in [0, 0.05) is 17.4 Å². The highest BCUT2D eigenvalue weighted by Crippen LogP contribution is 2.24. The number of nitrogens with one attached hydrogen (secondary N) is 2. The zero-order valence-corrected chi connectivity index (χ0v) is 18.3. The molecular formula is C22H21F3N6O3. The van der Waals surface area contributed by atoms with Gasteiger partial charge in [0.2, 0.25) is 11.7 Å². The third-order valence-electron chi connectivity index (χ3n) is 4.50. The number of nitrogens with zero attached hydrogens (tertiary/aromatic N) is 4. The van der Waals surface area contributed by atoms with E-state index in [9.17, 15) is 18.0 Å². The normalized spacial score (nSPS) is 11.1. The number of imidazole rings is 1. The van der Waals surface area contributed by atoms with Crippen LogP contribution in [0.5, 0.6) is 0 Å². The molecule has 4 aromatic rings. The number of fused-ring (bicyclic) bond motifs is 1. The second-order valence-electron chi connectivity index (χ2n) is 7.08. The summed E-state index contributed by atoms with van der Waals surface area (Å²) in [7, 11) is 1.81. The molecule has 0 aliphatic rings. The first-order chi connectivity index (χ1) is 16.2. The number of carbonyl (C=O) groups is 2. The first kappa shape index (κ1) is 24.6. The fraction of sp³-hybridized carbons (Fsp3) is 0.227. The molecule has 12 heteroatoms. The minimum atomic E-state index is -4.32. The number of benzene rings is 1. The van der Waals surface area contributed by atoms with E-state index in [1.807, 2.05) is 56.6 Å². The van der Waals surface area contributed by atoms with Crippen LogP contribution in [0.1, 0.15) is 28.4 Å². The molecule has 0 fully saturated rings. The average Bonchev–Trinajstić information content (AvgIpc) is 3.42. The second-order valence-corrected chi connectivity index (χ2v) is 7.08. The summed E-state index contributed by atoms with van der Waals surface area (Å²) in [6.07, 6.45) is -2.45. The first-order valence-electron chi connectivity index (χ1n) is 10.0. The van der Waals surface area contributed by atoms with Gasteiger partial charge in [-0.05, 0) is 37.7 Å². The van der Waals surface area contributed by atoms with Gasteiger partial charge in [-0.15, -0.1) is 0 Å². The molecule has 2 N–H and O–H groups in total. The van der Waals surface area contributed by atoms with Crippen molar-refractivity contribution < 1.29 is 27.3 Å². The lowest BCUT2D eigenvalue weighted by Gasteiger charge is -2.09. The fourth-order valence-electron chi connectivity index (χ4n) is 2.87. The number of aldehydes is 1. The highest BCUT2D eigenvalue weighted by molar-refractivity contribution is 6.04. The van der Waals surface area contributed by atoms with Crippen LogP contribution in [0.2, 0.25) is 0 Å². The number of alkyl halides is 3. The van der Waals surface area contributed by atoms with Crippen LogP contribution < -0.4 is 10.6 Å². The summed E-state index contributed by atoms with van der Waals surface area (Å²) in [5, 5.41) is 9.91. The van der Waals surface area contributed by atoms with E-state index in [2.05, 4.69) is 25.8 Å². The van der Waals surface area contributed by atoms with Gasteiger partial charge in [-0.3, -0.25) is 9.20 Å². The quantitative estimate of drug-likeness (QED) is 0.409. The van der Waals surface area contributed by atoms with Crippen molar-refractivity contribution in [2.75, 3.05) is 12.4 Å². The van der Waals surface area contributed by atoms with E-state index in [-0.39, 0.29) is 12.2 Å². The van der Waals surface area contributed by atoms with Gasteiger partial charge in [0.15, 0.2) is 0 Å². The molecule has 9 nitrogen and oxygen atoms in total. The van der Waals surface area contributed by atoms with Gasteiger partial charge >= 0.3 is 6.18 Å². The summed E-state index contributed by atoms with van der Waals surface area (Å²) >= 11 is 0. The van der Waals surface area contributed by atoms with E-state index in [1.54, 1.807) is 10.6 Å². The predicted molar refractivity (Wildman–Crippen MR) is 117 cm³/mol. The van der Waals surface area contributed by atoms with Crippen molar-refractivity contribution in [2.24, 2.45) is 0 Å². The molecular weight excluding hydrogens is 453 g/mol. The molecule has 0 atom stereocenters. The lowest BCUT2D eigenvalue weighted by molar-refractivity contribution is -0.144. The molecule has 0 aliphatic carbocycles. The van der Waals surface area contributed by atoms with Gasteiger partial charge < -0.3 is 20.0 Å². The fourth-order valence-corrected chi connectivity index (χ4v) is 2.87. The van der Waals surface area contributed by atoms with E-state index in [0.29, 0.717) is 29.6 Å². The average molecular weight is 474 g/mol. The number of aromatic nitrogens is 4. The number of hydrogen-bond acceptors (Lipinski definition) is 7. The Labute approximate surface area is 192 Å². The maximum absolute atomic E-state index is 12.7. The molecule has 3 aromatic heterocycles. The molecule has 178 valence electrons. The first-order valence-corrected chi connectivity index (χ1v) is 10.0. The third kappa shape index (κ3) is 6.25. The van der Waals surface area contributed by atoms with Crippen molar-refractivity contribution in [3.05, 3.63) is 65.9 Å². The standard InChI is InChI=1S/C19H18N6O2.C3H3F3O/c1-12-6-7-13(18-23-17(11-20-2)27-24-18)9-14(12)22-19(26)15-10-21-16-5-3-4-8-25(15)16;4-3(5,6)1-2-7/h3-10,20H,11H2,1-2H3,(H,22,26);2H,1H2. The van der Waals surface area contributed by atoms with E-state index < -0.39 is 12.6 Å². The van der Waals surface area contributed by atoms with E-state index in [1.165, 1.54) is 0 Å². The Bertz CT molecular complexity index is 1280. The SMILES string of the molecule is CNCc1nc(-c2ccc(C)c(NC(=O)c3cnc4ccccn34)c2)no1.O=CCC(F)(F)F. The molecule has 1 aromatic carbocycles. The molecule has 0 unspecified atom stereocenters. The number of carbonyl (C=O) groups excluding carboxylic acids is 2. The Kier molecular flexibility index (Phi) is 7.74. The molecule has 0 saturated heterocycles. The van der Waals surface area contributed by atoms with Crippen LogP contribution in [0.3, 0.4) is 0 Å². The highest BCUT2D eigenvalue weighted by atomic mass is 19.4. The van der Waals surface area contributed by atoms with Gasteiger partial charge in [-0.2, -0.15) is 18.2 Å². The summed E-state index contributed by atoms with van der Waals surface area (Å²) in [6, 6.07) is 11.2. The smallest absolute Gasteiger partial charge is 0.338 e. The summed E-state index contributed by atoms with van der Waals surface area (Å²) in [5.41, 5.74) is 3.56. The lowest BCUT2D eigenvalue weighted by Crippen LogP contribution is -2.15. The van der Waals surface area contributed by atoms with Gasteiger partial charge in [0.25, 0.3) is 5.91 Å². The number of pyridine rings is 1. The lowest BCUT2D eigenvalue weighted by atomic mass is 10.1. The maximum atomic E-state index is 12.7. The minimum Gasteiger partial charge on any atom is -0.338 e. The Balaban J connectivity index is 0.000000406. The van der Waals surface area contributed by atoms with Crippen LogP contribution in [0.4, 0.5) is 18.9 Å². The molecule has 0 bridgehead atoms. The number of rotatable bonds is 6. The molecule has 1 amide bonds. The number of hydrogen-bond donors (Lipinski definition) is 2. The van der Waals surface area contributed by atoms with E-state index >= 15 is 0 Å². The van der Waals surface area contributed by atoms with Crippen LogP contribution in [-0.2, 0) is 11.3 Å². The maximum Gasteiger partial charge on any atom is 0.395 e. The molecule has 0 saturated carbocycles. The van der Waals surface area contributed by atoms with Crippen LogP contribution in [0.15, 0.2) is 53.3 Å². The summed E-state index contributed by atoms with van der Waals surface area (Å²) < 4.78 is 39.4. The van der Waals surface area contributed by atoms with Crippen LogP contribution in [0, 0.1) is 6.92 Å². The summed E-state index contributed by atoms with van der Waals surface area (Å²) in [4.78, 5) is 30.4. The van der Waals surface area contributed by atoms with Crippen LogP contribution in [-0.4, -0.2) is 44.9 Å². The Morgan fingerprint density at radius 3 is 2.71 bits per heavy atom. The van der Waals surface area contributed by atoms with Crippen LogP contribution >= 0.6 is 0 Å². The van der Waals surface area contributed by atoms with Gasteiger partial charge in [-0.25, -0.2) is 4.98 Å². The van der Waals surface area contributed by atoms with Crippen molar-refractivity contribution in [1.82, 2.24) is 24.8 Å². The zero-order chi connectivity index (χ0) is 24.7. The molecule has 34 heavy (non-hydrogen) atoms. The molecule has 3 heterocycles. The summed E-state index contributed by atoms with van der Waals surface area (Å²) in [6.45, 7) is 2.42. The van der Waals surface area contributed by atoms with E-state index in [0.717, 1.165) is 16.8 Å². The molecule has 0 radical (unpaired) electrons. The van der Waals surface area contributed by atoms with Crippen molar-refractivity contribution in [1.29, 1.82) is 0 Å². The zero-order valence-electron chi connectivity index (χ0n) is 18.3. The summed E-state index contributed by atoms with van der Waals surface area (Å²) in [5.74, 6) is 0.743. The largest absolute Gasteiger partial charge is 0.395 e. The highest BCUT2D eigenvalue weighted by Gasteiger charge is 2.25. The third-order valence-corrected chi connectivity index (χ3v) is 4.50. The van der Waals surface area contributed by atoms with E-state index in [4.69, 9.17) is 9.32 Å². The number of halogens is 3. The molecule has 0 spiro atoms. The van der Waals surface area contributed by atoms with Gasteiger partial charge in [0.1, 0.15) is 17.6 Å². The van der Waals surface area contributed by atoms with Gasteiger partial charge in [0.05, 0.1) is 19.2 Å². The topological polar surface area (TPSA) is 114 Å². The monoisotopic (exact) mass is 474 g/mol. The second kappa shape index (κ2) is 10.7. The Hall–Kier alpha value is -4.06. The number of amides is 1. The molecule has 0 aliphatic heterocycles. The van der Waals surface area contributed by atoms with Crippen molar-refractivity contribution in [3.8, 4) is 11.4 Å². The number of aryl methyl sites for hydroxylation is 1. The van der Waals surface area contributed by atoms with Crippen molar-refractivity contribution in [3.63, 3.8) is 0 Å². The van der Waals surface area contributed by atoms with Crippen molar-refractivity contribution >= 4 is 23.5 Å². The Morgan fingerprint density at radius 1 is 1.24 bits per heavy atom. The van der Waals surface area contributed by atoms with Crippen molar-refractivity contribution in [2.45, 2.75) is 26.1 Å². The van der Waals surface area contributed by atoms with Gasteiger partial charge in [-0.1, -0.05) is 23.4 Å². The molecule has 4 rings (SSSR count). The minimum absolute atomic E-state index is 0.167. The Morgan fingerprint density at radius 2 is 2.03 bits per heavy atom. The van der Waals surface area contributed by atoms with Crippen LogP contribution in [0.25, 0.3) is 17.0 Å². The number of anilines is 1. The predicted octanol–water partition coefficient (Wildman–Crippen LogP) is 3.80.